The summed E-state index contributed by atoms with van der Waals surface area (Å²) in [6.07, 6.45) is 4.66. The molecule has 128 valence electrons. The van der Waals surface area contributed by atoms with Crippen LogP contribution in [0.4, 0.5) is 0 Å². The zero-order chi connectivity index (χ0) is 17.6. The molecule has 0 saturated carbocycles. The molecule has 25 heavy (non-hydrogen) atoms. The summed E-state index contributed by atoms with van der Waals surface area (Å²) in [7, 11) is 0. The summed E-state index contributed by atoms with van der Waals surface area (Å²) in [5, 5.41) is 6.02. The summed E-state index contributed by atoms with van der Waals surface area (Å²) in [6.45, 7) is 2.01. The molecule has 0 N–H and O–H groups in total. The van der Waals surface area contributed by atoms with E-state index in [-0.39, 0.29) is 18.4 Å². The third kappa shape index (κ3) is 2.34. The van der Waals surface area contributed by atoms with Crippen LogP contribution >= 0.6 is 0 Å². The fourth-order valence-electron chi connectivity index (χ4n) is 3.40. The van der Waals surface area contributed by atoms with Gasteiger partial charge in [-0.25, -0.2) is 4.79 Å². The molecule has 0 spiro atoms. The van der Waals surface area contributed by atoms with Crippen molar-refractivity contribution in [3.8, 4) is 0 Å². The fourth-order valence-corrected chi connectivity index (χ4v) is 3.40. The highest BCUT2D eigenvalue weighted by Crippen LogP contribution is 2.33. The molecule has 0 radical (unpaired) electrons. The number of hydrogen-bond acceptors (Lipinski definition) is 5. The highest BCUT2D eigenvalue weighted by Gasteiger charge is 2.41. The Hall–Kier alpha value is -2.96. The van der Waals surface area contributed by atoms with Crippen molar-refractivity contribution in [2.75, 3.05) is 11.6 Å². The van der Waals surface area contributed by atoms with Crippen LogP contribution in [-0.4, -0.2) is 34.3 Å². The van der Waals surface area contributed by atoms with Gasteiger partial charge in [0.15, 0.2) is 0 Å². The molecule has 0 saturated heterocycles. The Morgan fingerprint density at radius 2 is 1.84 bits per heavy atom. The van der Waals surface area contributed by atoms with Gasteiger partial charge in [-0.05, 0) is 44.7 Å². The van der Waals surface area contributed by atoms with Gasteiger partial charge in [-0.15, -0.1) is 0 Å². The second-order valence-electron chi connectivity index (χ2n) is 6.11. The normalized spacial score (nSPS) is 17.4. The quantitative estimate of drug-likeness (QED) is 0.632. The maximum absolute atomic E-state index is 12.7. The number of benzene rings is 1. The lowest BCUT2D eigenvalue weighted by Crippen LogP contribution is -2.42. The summed E-state index contributed by atoms with van der Waals surface area (Å²) in [4.78, 5) is 38.7. The largest absolute Gasteiger partial charge is 0.462 e. The Bertz CT molecular complexity index is 913. The van der Waals surface area contributed by atoms with Crippen LogP contribution in [0.15, 0.2) is 35.5 Å². The van der Waals surface area contributed by atoms with Crippen molar-refractivity contribution in [3.05, 3.63) is 41.1 Å². The van der Waals surface area contributed by atoms with Gasteiger partial charge in [0.05, 0.1) is 23.9 Å². The van der Waals surface area contributed by atoms with E-state index in [1.165, 1.54) is 4.79 Å². The summed E-state index contributed by atoms with van der Waals surface area (Å²) in [6, 6.07) is 4.96. The van der Waals surface area contributed by atoms with Crippen molar-refractivity contribution in [1.82, 2.24) is 9.89 Å². The van der Waals surface area contributed by atoms with E-state index in [4.69, 9.17) is 4.74 Å². The Morgan fingerprint density at radius 1 is 1.16 bits per heavy atom. The SMILES string of the molecule is CCOC(=O)c1ccc2cnn(N3C(=O)C4=C(CCCC4)C3=O)c2c1. The van der Waals surface area contributed by atoms with Crippen molar-refractivity contribution in [3.63, 3.8) is 0 Å². The minimum Gasteiger partial charge on any atom is -0.462 e. The van der Waals surface area contributed by atoms with Gasteiger partial charge in [0.1, 0.15) is 0 Å². The van der Waals surface area contributed by atoms with Gasteiger partial charge in [-0.3, -0.25) is 9.59 Å². The number of esters is 1. The minimum atomic E-state index is -0.450. The third-order valence-electron chi connectivity index (χ3n) is 4.62. The zero-order valence-electron chi connectivity index (χ0n) is 13.8. The van der Waals surface area contributed by atoms with Crippen LogP contribution in [0.1, 0.15) is 43.0 Å². The standard InChI is InChI=1S/C18H17N3O4/c1-2-25-18(24)11-7-8-12-10-19-21(15(12)9-11)20-16(22)13-5-3-4-6-14(13)17(20)23/h7-10H,2-6H2,1H3. The average molecular weight is 339 g/mol. The first kappa shape index (κ1) is 15.6. The molecule has 2 aliphatic rings. The van der Waals surface area contributed by atoms with E-state index in [0.717, 1.165) is 23.2 Å². The number of carbonyl (C=O) groups is 3. The molecule has 0 bridgehead atoms. The Kier molecular flexibility index (Phi) is 3.63. The van der Waals surface area contributed by atoms with Gasteiger partial charge in [0, 0.05) is 16.5 Å². The second kappa shape index (κ2) is 5.84. The van der Waals surface area contributed by atoms with Crippen LogP contribution < -0.4 is 5.01 Å². The molecule has 1 aromatic carbocycles. The molecule has 1 aliphatic heterocycles. The molecule has 1 aromatic heterocycles. The lowest BCUT2D eigenvalue weighted by molar-refractivity contribution is -0.123. The van der Waals surface area contributed by atoms with Gasteiger partial charge in [0.25, 0.3) is 11.8 Å². The van der Waals surface area contributed by atoms with Crippen LogP contribution in [0.3, 0.4) is 0 Å². The zero-order valence-corrected chi connectivity index (χ0v) is 13.8. The van der Waals surface area contributed by atoms with Crippen LogP contribution in [0, 0.1) is 0 Å². The number of imide groups is 1. The Morgan fingerprint density at radius 3 is 2.48 bits per heavy atom. The summed E-state index contributed by atoms with van der Waals surface area (Å²) in [5.74, 6) is -1.08. The fraction of sp³-hybridized carbons (Fsp3) is 0.333. The van der Waals surface area contributed by atoms with E-state index in [9.17, 15) is 14.4 Å². The van der Waals surface area contributed by atoms with Crippen LogP contribution in [-0.2, 0) is 14.3 Å². The van der Waals surface area contributed by atoms with E-state index in [1.807, 2.05) is 0 Å². The minimum absolute atomic E-state index is 0.274. The molecule has 7 nitrogen and oxygen atoms in total. The molecule has 2 amide bonds. The van der Waals surface area contributed by atoms with Gasteiger partial charge in [-0.2, -0.15) is 14.9 Å². The van der Waals surface area contributed by atoms with Gasteiger partial charge in [-0.1, -0.05) is 6.07 Å². The molecular formula is C18H17N3O4. The lowest BCUT2D eigenvalue weighted by Gasteiger charge is -2.16. The topological polar surface area (TPSA) is 81.5 Å². The molecule has 0 atom stereocenters. The molecule has 0 fully saturated rings. The third-order valence-corrected chi connectivity index (χ3v) is 4.62. The number of fused-ring (bicyclic) bond motifs is 1. The molecule has 7 heteroatoms. The first-order valence-electron chi connectivity index (χ1n) is 8.38. The second-order valence-corrected chi connectivity index (χ2v) is 6.11. The number of ether oxygens (including phenoxy) is 1. The molecule has 1 aliphatic carbocycles. The average Bonchev–Trinajstić information content (AvgIpc) is 3.14. The number of hydrogen-bond donors (Lipinski definition) is 0. The van der Waals surface area contributed by atoms with E-state index in [1.54, 1.807) is 31.3 Å². The molecular weight excluding hydrogens is 322 g/mol. The van der Waals surface area contributed by atoms with E-state index >= 15 is 0 Å². The summed E-state index contributed by atoms with van der Waals surface area (Å²) in [5.41, 5.74) is 2.07. The number of nitrogens with zero attached hydrogens (tertiary/aromatic N) is 3. The maximum Gasteiger partial charge on any atom is 0.338 e. The van der Waals surface area contributed by atoms with Crippen molar-refractivity contribution >= 4 is 28.7 Å². The predicted octanol–water partition coefficient (Wildman–Crippen LogP) is 2.09. The number of aromatic nitrogens is 2. The number of amides is 2. The lowest BCUT2D eigenvalue weighted by atomic mass is 9.93. The van der Waals surface area contributed by atoms with E-state index in [0.29, 0.717) is 35.1 Å². The van der Waals surface area contributed by atoms with Crippen LogP contribution in [0.5, 0.6) is 0 Å². The molecule has 0 unspecified atom stereocenters. The van der Waals surface area contributed by atoms with Crippen molar-refractivity contribution in [1.29, 1.82) is 0 Å². The predicted molar refractivity (Wildman–Crippen MR) is 89.4 cm³/mol. The highest BCUT2D eigenvalue weighted by atomic mass is 16.5. The smallest absolute Gasteiger partial charge is 0.338 e. The monoisotopic (exact) mass is 339 g/mol. The van der Waals surface area contributed by atoms with Crippen molar-refractivity contribution in [2.45, 2.75) is 32.6 Å². The van der Waals surface area contributed by atoms with Crippen LogP contribution in [0.25, 0.3) is 10.9 Å². The van der Waals surface area contributed by atoms with Crippen LogP contribution in [0.2, 0.25) is 0 Å². The van der Waals surface area contributed by atoms with Crippen molar-refractivity contribution in [2.24, 2.45) is 0 Å². The molecule has 4 rings (SSSR count). The molecule has 2 aromatic rings. The van der Waals surface area contributed by atoms with Crippen molar-refractivity contribution < 1.29 is 19.1 Å². The first-order valence-corrected chi connectivity index (χ1v) is 8.38. The summed E-state index contributed by atoms with van der Waals surface area (Å²) >= 11 is 0. The van der Waals surface area contributed by atoms with Gasteiger partial charge in [0.2, 0.25) is 0 Å². The molecule has 2 heterocycles. The maximum atomic E-state index is 12.7. The van der Waals surface area contributed by atoms with Gasteiger partial charge < -0.3 is 4.74 Å². The van der Waals surface area contributed by atoms with E-state index < -0.39 is 5.97 Å². The summed E-state index contributed by atoms with van der Waals surface area (Å²) < 4.78 is 5.01. The van der Waals surface area contributed by atoms with E-state index in [2.05, 4.69) is 5.10 Å². The Labute approximate surface area is 143 Å². The number of carbonyl (C=O) groups excluding carboxylic acids is 3. The highest BCUT2D eigenvalue weighted by molar-refractivity contribution is 6.29. The first-order chi connectivity index (χ1) is 12.1. The number of rotatable bonds is 3. The Balaban J connectivity index is 1.77. The van der Waals surface area contributed by atoms with Gasteiger partial charge >= 0.3 is 5.97 Å².